The van der Waals surface area contributed by atoms with Crippen LogP contribution in [0.4, 0.5) is 0 Å². The van der Waals surface area contributed by atoms with Crippen molar-refractivity contribution in [1.82, 2.24) is 4.57 Å². The highest BCUT2D eigenvalue weighted by molar-refractivity contribution is 6.16. The third kappa shape index (κ3) is 2.34. The fourth-order valence-corrected chi connectivity index (χ4v) is 6.36. The van der Waals surface area contributed by atoms with Crippen LogP contribution in [-0.4, -0.2) is 4.57 Å². The normalized spacial score (nSPS) is 14.2. The molecule has 0 atom stereocenters. The molecule has 0 spiro atoms. The van der Waals surface area contributed by atoms with Crippen molar-refractivity contribution in [3.05, 3.63) is 114 Å². The first-order valence-electron chi connectivity index (χ1n) is 12.2. The number of hydrogen-bond acceptors (Lipinski definition) is 1. The van der Waals surface area contributed by atoms with E-state index in [0.29, 0.717) is 0 Å². The van der Waals surface area contributed by atoms with E-state index >= 15 is 0 Å². The second-order valence-corrected chi connectivity index (χ2v) is 10.2. The first-order chi connectivity index (χ1) is 17.1. The number of nitrogens with zero attached hydrogens (tertiary/aromatic N) is 1. The molecule has 8 rings (SSSR count). The number of benzene rings is 5. The minimum Gasteiger partial charge on any atom is -0.456 e. The summed E-state index contributed by atoms with van der Waals surface area (Å²) >= 11 is 0. The van der Waals surface area contributed by atoms with Crippen molar-refractivity contribution < 1.29 is 4.42 Å². The molecule has 2 aromatic heterocycles. The van der Waals surface area contributed by atoms with E-state index in [0.717, 1.165) is 27.6 Å². The van der Waals surface area contributed by atoms with Crippen LogP contribution >= 0.6 is 0 Å². The van der Waals surface area contributed by atoms with E-state index < -0.39 is 0 Å². The maximum atomic E-state index is 6.14. The average molecular weight is 450 g/mol. The predicted octanol–water partition coefficient (Wildman–Crippen LogP) is 8.99. The molecule has 7 aromatic rings. The Morgan fingerprint density at radius 1 is 0.600 bits per heavy atom. The van der Waals surface area contributed by atoms with E-state index in [9.17, 15) is 0 Å². The molecule has 35 heavy (non-hydrogen) atoms. The Morgan fingerprint density at radius 2 is 1.34 bits per heavy atom. The van der Waals surface area contributed by atoms with Crippen molar-refractivity contribution in [2.24, 2.45) is 0 Å². The molecular weight excluding hydrogens is 426 g/mol. The molecule has 0 N–H and O–H groups in total. The molecule has 1 aliphatic carbocycles. The minimum absolute atomic E-state index is 0.0356. The van der Waals surface area contributed by atoms with Crippen LogP contribution in [0.1, 0.15) is 25.0 Å². The molecule has 0 aliphatic heterocycles. The Labute approximate surface area is 203 Å². The highest BCUT2D eigenvalue weighted by atomic mass is 16.3. The molecular formula is C33H23NO. The van der Waals surface area contributed by atoms with Crippen LogP contribution in [0.5, 0.6) is 0 Å². The topological polar surface area (TPSA) is 18.1 Å². The fraction of sp³-hybridized carbons (Fsp3) is 0.0909. The van der Waals surface area contributed by atoms with Crippen molar-refractivity contribution in [2.45, 2.75) is 19.3 Å². The summed E-state index contributed by atoms with van der Waals surface area (Å²) in [4.78, 5) is 0. The lowest BCUT2D eigenvalue weighted by molar-refractivity contribution is 0.661. The van der Waals surface area contributed by atoms with Gasteiger partial charge in [-0.15, -0.1) is 0 Å². The van der Waals surface area contributed by atoms with Crippen molar-refractivity contribution >= 4 is 43.7 Å². The van der Waals surface area contributed by atoms with E-state index in [1.807, 2.05) is 12.1 Å². The summed E-state index contributed by atoms with van der Waals surface area (Å²) in [6.45, 7) is 4.69. The summed E-state index contributed by atoms with van der Waals surface area (Å²) in [7, 11) is 0. The van der Waals surface area contributed by atoms with Gasteiger partial charge in [0.05, 0.1) is 11.0 Å². The van der Waals surface area contributed by atoms with Gasteiger partial charge in [0.1, 0.15) is 11.2 Å². The number of furan rings is 1. The standard InChI is InChI=1S/C33H23NO/c1-33(2)26-12-6-3-11-24(26)31-27(33)17-16-23-21-9-4-7-13-28(21)34(32(23)31)20-15-18-30-25(19-20)22-10-5-8-14-29(22)35-30/h3-19H,1-2H3. The van der Waals surface area contributed by atoms with E-state index in [1.54, 1.807) is 0 Å². The minimum atomic E-state index is -0.0356. The van der Waals surface area contributed by atoms with Crippen molar-refractivity contribution in [3.63, 3.8) is 0 Å². The van der Waals surface area contributed by atoms with E-state index in [-0.39, 0.29) is 5.41 Å². The predicted molar refractivity (Wildman–Crippen MR) is 146 cm³/mol. The van der Waals surface area contributed by atoms with Gasteiger partial charge in [0.25, 0.3) is 0 Å². The molecule has 0 bridgehead atoms. The van der Waals surface area contributed by atoms with Crippen molar-refractivity contribution in [2.75, 3.05) is 0 Å². The van der Waals surface area contributed by atoms with Gasteiger partial charge >= 0.3 is 0 Å². The first kappa shape index (κ1) is 19.1. The monoisotopic (exact) mass is 449 g/mol. The van der Waals surface area contributed by atoms with Crippen LogP contribution in [0.2, 0.25) is 0 Å². The van der Waals surface area contributed by atoms with Gasteiger partial charge in [-0.3, -0.25) is 0 Å². The molecule has 5 aromatic carbocycles. The number of hydrogen-bond donors (Lipinski definition) is 0. The lowest BCUT2D eigenvalue weighted by Gasteiger charge is -2.21. The zero-order chi connectivity index (χ0) is 23.3. The number of rotatable bonds is 1. The molecule has 2 heterocycles. The van der Waals surface area contributed by atoms with Gasteiger partial charge in [0.15, 0.2) is 0 Å². The van der Waals surface area contributed by atoms with E-state index in [1.165, 1.54) is 44.1 Å². The van der Waals surface area contributed by atoms with Gasteiger partial charge in [0, 0.05) is 38.2 Å². The lowest BCUT2D eigenvalue weighted by atomic mass is 9.82. The van der Waals surface area contributed by atoms with Crippen molar-refractivity contribution in [1.29, 1.82) is 0 Å². The number of fused-ring (bicyclic) bond motifs is 10. The van der Waals surface area contributed by atoms with Crippen LogP contribution in [0, 0.1) is 0 Å². The number of aromatic nitrogens is 1. The second-order valence-electron chi connectivity index (χ2n) is 10.2. The zero-order valence-corrected chi connectivity index (χ0v) is 19.7. The summed E-state index contributed by atoms with van der Waals surface area (Å²) in [5.41, 5.74) is 11.0. The van der Waals surface area contributed by atoms with Crippen LogP contribution in [-0.2, 0) is 5.41 Å². The molecule has 0 unspecified atom stereocenters. The molecule has 0 saturated heterocycles. The highest BCUT2D eigenvalue weighted by Crippen LogP contribution is 2.52. The summed E-state index contributed by atoms with van der Waals surface area (Å²) in [5.74, 6) is 0. The molecule has 0 radical (unpaired) electrons. The van der Waals surface area contributed by atoms with Gasteiger partial charge in [-0.1, -0.05) is 86.6 Å². The second kappa shape index (κ2) is 6.43. The Bertz CT molecular complexity index is 1980. The SMILES string of the molecule is CC1(C)c2ccccc2-c2c1ccc1c3ccccc3n(-c3ccc4oc5ccccc5c4c3)c21. The smallest absolute Gasteiger partial charge is 0.135 e. The third-order valence-corrected chi connectivity index (χ3v) is 8.00. The average Bonchev–Trinajstić information content (AvgIpc) is 3.50. The Kier molecular flexibility index (Phi) is 3.50. The first-order valence-corrected chi connectivity index (χ1v) is 12.2. The molecule has 1 aliphatic rings. The van der Waals surface area contributed by atoms with Crippen LogP contribution in [0.3, 0.4) is 0 Å². The van der Waals surface area contributed by atoms with Crippen LogP contribution in [0.25, 0.3) is 60.6 Å². The highest BCUT2D eigenvalue weighted by Gasteiger charge is 2.37. The molecule has 0 saturated carbocycles. The molecule has 0 amide bonds. The summed E-state index contributed by atoms with van der Waals surface area (Å²) < 4.78 is 8.60. The maximum absolute atomic E-state index is 6.14. The summed E-state index contributed by atoms with van der Waals surface area (Å²) in [6.07, 6.45) is 0. The third-order valence-electron chi connectivity index (χ3n) is 8.00. The lowest BCUT2D eigenvalue weighted by Crippen LogP contribution is -2.14. The van der Waals surface area contributed by atoms with E-state index in [2.05, 4.69) is 109 Å². The van der Waals surface area contributed by atoms with Gasteiger partial charge in [0.2, 0.25) is 0 Å². The fourth-order valence-electron chi connectivity index (χ4n) is 6.36. The van der Waals surface area contributed by atoms with Gasteiger partial charge in [-0.05, 0) is 47.0 Å². The van der Waals surface area contributed by atoms with Gasteiger partial charge in [-0.2, -0.15) is 0 Å². The molecule has 0 fully saturated rings. The zero-order valence-electron chi connectivity index (χ0n) is 19.7. The molecule has 2 heteroatoms. The Morgan fingerprint density at radius 3 is 2.26 bits per heavy atom. The van der Waals surface area contributed by atoms with Crippen LogP contribution < -0.4 is 0 Å². The van der Waals surface area contributed by atoms with Crippen molar-refractivity contribution in [3.8, 4) is 16.8 Å². The summed E-state index contributed by atoms with van der Waals surface area (Å²) in [5, 5.41) is 4.88. The summed E-state index contributed by atoms with van der Waals surface area (Å²) in [6, 6.07) is 37.3. The maximum Gasteiger partial charge on any atom is 0.135 e. The van der Waals surface area contributed by atoms with Gasteiger partial charge in [-0.25, -0.2) is 0 Å². The largest absolute Gasteiger partial charge is 0.456 e. The number of para-hydroxylation sites is 2. The Hall–Kier alpha value is -4.30. The quantitative estimate of drug-likeness (QED) is 0.244. The molecule has 2 nitrogen and oxygen atoms in total. The Balaban J connectivity index is 1.56. The van der Waals surface area contributed by atoms with Crippen LogP contribution in [0.15, 0.2) is 108 Å². The van der Waals surface area contributed by atoms with E-state index in [4.69, 9.17) is 4.42 Å². The van der Waals surface area contributed by atoms with Gasteiger partial charge < -0.3 is 8.98 Å². The molecule has 166 valence electrons.